The van der Waals surface area contributed by atoms with Crippen molar-refractivity contribution in [2.75, 3.05) is 19.0 Å². The number of rotatable bonds is 3. The van der Waals surface area contributed by atoms with Crippen LogP contribution in [0, 0.1) is 0 Å². The van der Waals surface area contributed by atoms with Crippen LogP contribution in [0.25, 0.3) is 20.9 Å². The van der Waals surface area contributed by atoms with Crippen LogP contribution >= 0.6 is 23.1 Å². The molecule has 0 fully saturated rings. The molecule has 5 rings (SSSR count). The van der Waals surface area contributed by atoms with Crippen LogP contribution in [0.1, 0.15) is 15.7 Å². The smallest absolute Gasteiger partial charge is 0.0441 e. The van der Waals surface area contributed by atoms with Gasteiger partial charge in [-0.25, -0.2) is 0 Å². The summed E-state index contributed by atoms with van der Waals surface area (Å²) in [5.41, 5.74) is 2.81. The van der Waals surface area contributed by atoms with Gasteiger partial charge in [-0.1, -0.05) is 36.4 Å². The van der Waals surface area contributed by atoms with E-state index < -0.39 is 0 Å². The van der Waals surface area contributed by atoms with E-state index in [0.29, 0.717) is 5.25 Å². The predicted molar refractivity (Wildman–Crippen MR) is 112 cm³/mol. The highest BCUT2D eigenvalue weighted by Gasteiger charge is 2.27. The fourth-order valence-electron chi connectivity index (χ4n) is 3.83. The van der Waals surface area contributed by atoms with Gasteiger partial charge in [0.25, 0.3) is 0 Å². The third-order valence-corrected chi connectivity index (χ3v) is 7.41. The molecule has 0 aliphatic carbocycles. The Kier molecular flexibility index (Phi) is 3.54. The van der Waals surface area contributed by atoms with Crippen molar-refractivity contribution >= 4 is 49.6 Å². The standard InChI is InChI=1S/C22H19NS2/c1-23(2)18-11-10-17-21(25-20-9-5-7-16(18)22(17)20)13-15-12-14-6-3-4-8-19(14)24-15/h3-12,21H,13H2,1-2H3. The van der Waals surface area contributed by atoms with Gasteiger partial charge >= 0.3 is 0 Å². The lowest BCUT2D eigenvalue weighted by atomic mass is 9.98. The number of nitrogens with zero attached hydrogens (tertiary/aromatic N) is 1. The first-order valence-corrected chi connectivity index (χ1v) is 10.3. The zero-order valence-electron chi connectivity index (χ0n) is 14.3. The average Bonchev–Trinajstić information content (AvgIpc) is 3.17. The zero-order chi connectivity index (χ0) is 17.0. The number of thioether (sulfide) groups is 1. The lowest BCUT2D eigenvalue weighted by molar-refractivity contribution is 0.971. The number of anilines is 1. The van der Waals surface area contributed by atoms with Crippen LogP contribution in [0.15, 0.2) is 65.6 Å². The second kappa shape index (κ2) is 5.79. The van der Waals surface area contributed by atoms with Crippen molar-refractivity contribution in [1.29, 1.82) is 0 Å². The number of fused-ring (bicyclic) bond motifs is 1. The quantitative estimate of drug-likeness (QED) is 0.409. The van der Waals surface area contributed by atoms with Gasteiger partial charge in [-0.15, -0.1) is 23.1 Å². The molecule has 25 heavy (non-hydrogen) atoms. The molecular formula is C22H19NS2. The molecule has 0 spiro atoms. The first-order chi connectivity index (χ1) is 12.2. The minimum absolute atomic E-state index is 0.518. The summed E-state index contributed by atoms with van der Waals surface area (Å²) >= 11 is 3.97. The molecule has 0 saturated carbocycles. The molecule has 0 N–H and O–H groups in total. The van der Waals surface area contributed by atoms with Crippen molar-refractivity contribution in [2.24, 2.45) is 0 Å². The minimum atomic E-state index is 0.518. The van der Waals surface area contributed by atoms with Crippen molar-refractivity contribution < 1.29 is 0 Å². The van der Waals surface area contributed by atoms with Crippen LogP contribution in [-0.2, 0) is 6.42 Å². The van der Waals surface area contributed by atoms with Crippen LogP contribution in [0.4, 0.5) is 5.69 Å². The van der Waals surface area contributed by atoms with Gasteiger partial charge in [0.15, 0.2) is 0 Å². The van der Waals surface area contributed by atoms with Crippen LogP contribution in [-0.4, -0.2) is 14.1 Å². The van der Waals surface area contributed by atoms with E-state index in [1.807, 2.05) is 23.1 Å². The second-order valence-corrected chi connectivity index (χ2v) is 9.22. The average molecular weight is 362 g/mol. The molecule has 1 atom stereocenters. The molecule has 124 valence electrons. The van der Waals surface area contributed by atoms with Crippen molar-refractivity contribution in [3.05, 3.63) is 71.1 Å². The van der Waals surface area contributed by atoms with Crippen molar-refractivity contribution in [1.82, 2.24) is 0 Å². The molecule has 1 aliphatic heterocycles. The molecule has 3 aromatic carbocycles. The van der Waals surface area contributed by atoms with Gasteiger partial charge in [0.2, 0.25) is 0 Å². The van der Waals surface area contributed by atoms with Gasteiger partial charge in [-0.3, -0.25) is 0 Å². The highest BCUT2D eigenvalue weighted by atomic mass is 32.2. The molecule has 0 amide bonds. The monoisotopic (exact) mass is 361 g/mol. The molecule has 0 bridgehead atoms. The highest BCUT2D eigenvalue weighted by molar-refractivity contribution is 8.00. The molecule has 1 aliphatic rings. The maximum Gasteiger partial charge on any atom is 0.0441 e. The van der Waals surface area contributed by atoms with E-state index in [1.165, 1.54) is 41.9 Å². The highest BCUT2D eigenvalue weighted by Crippen LogP contribution is 2.52. The first kappa shape index (κ1) is 15.3. The van der Waals surface area contributed by atoms with Crippen molar-refractivity contribution in [3.8, 4) is 0 Å². The largest absolute Gasteiger partial charge is 0.377 e. The number of benzene rings is 3. The third-order valence-electron chi connectivity index (χ3n) is 4.97. The first-order valence-electron chi connectivity index (χ1n) is 8.58. The van der Waals surface area contributed by atoms with E-state index in [2.05, 4.69) is 79.7 Å². The molecule has 0 radical (unpaired) electrons. The minimum Gasteiger partial charge on any atom is -0.377 e. The molecule has 1 unspecified atom stereocenters. The Hall–Kier alpha value is -1.97. The van der Waals surface area contributed by atoms with Gasteiger partial charge in [-0.05, 0) is 41.6 Å². The maximum atomic E-state index is 2.37. The lowest BCUT2D eigenvalue weighted by Crippen LogP contribution is -2.09. The Labute approximate surface area is 156 Å². The Morgan fingerprint density at radius 3 is 2.68 bits per heavy atom. The summed E-state index contributed by atoms with van der Waals surface area (Å²) in [7, 11) is 4.25. The van der Waals surface area contributed by atoms with E-state index in [-0.39, 0.29) is 0 Å². The summed E-state index contributed by atoms with van der Waals surface area (Å²) in [4.78, 5) is 5.13. The fourth-order valence-corrected chi connectivity index (χ4v) is 6.44. The molecule has 1 nitrogen and oxygen atoms in total. The summed E-state index contributed by atoms with van der Waals surface area (Å²) in [6.07, 6.45) is 1.11. The molecule has 4 aromatic rings. The number of thiophene rings is 1. The fraction of sp³-hybridized carbons (Fsp3) is 0.182. The van der Waals surface area contributed by atoms with Gasteiger partial charge in [0.1, 0.15) is 0 Å². The lowest BCUT2D eigenvalue weighted by Gasteiger charge is -2.17. The van der Waals surface area contributed by atoms with Crippen molar-refractivity contribution in [3.63, 3.8) is 0 Å². The van der Waals surface area contributed by atoms with Gasteiger partial charge in [0, 0.05) is 50.3 Å². The van der Waals surface area contributed by atoms with Crippen LogP contribution in [0.2, 0.25) is 0 Å². The van der Waals surface area contributed by atoms with E-state index in [1.54, 1.807) is 0 Å². The van der Waals surface area contributed by atoms with Crippen LogP contribution in [0.3, 0.4) is 0 Å². The Morgan fingerprint density at radius 2 is 1.84 bits per heavy atom. The predicted octanol–water partition coefficient (Wildman–Crippen LogP) is 6.51. The number of hydrogen-bond acceptors (Lipinski definition) is 3. The van der Waals surface area contributed by atoms with E-state index in [4.69, 9.17) is 0 Å². The maximum absolute atomic E-state index is 2.37. The Balaban J connectivity index is 1.57. The molecule has 2 heterocycles. The topological polar surface area (TPSA) is 3.24 Å². The zero-order valence-corrected chi connectivity index (χ0v) is 16.0. The third kappa shape index (κ3) is 2.45. The van der Waals surface area contributed by atoms with Crippen molar-refractivity contribution in [2.45, 2.75) is 16.6 Å². The van der Waals surface area contributed by atoms with Gasteiger partial charge in [0.05, 0.1) is 0 Å². The van der Waals surface area contributed by atoms with Crippen LogP contribution in [0.5, 0.6) is 0 Å². The normalized spacial score (nSPS) is 16.0. The second-order valence-electron chi connectivity index (χ2n) is 6.81. The molecule has 3 heteroatoms. The summed E-state index contributed by atoms with van der Waals surface area (Å²) in [6, 6.07) is 22.4. The summed E-state index contributed by atoms with van der Waals surface area (Å²) in [5.74, 6) is 0. The molecule has 1 aromatic heterocycles. The summed E-state index contributed by atoms with van der Waals surface area (Å²) < 4.78 is 1.39. The van der Waals surface area contributed by atoms with E-state index >= 15 is 0 Å². The van der Waals surface area contributed by atoms with E-state index in [9.17, 15) is 0 Å². The van der Waals surface area contributed by atoms with Gasteiger partial charge < -0.3 is 4.90 Å². The summed E-state index contributed by atoms with van der Waals surface area (Å²) in [5, 5.41) is 4.73. The van der Waals surface area contributed by atoms with E-state index in [0.717, 1.165) is 6.42 Å². The Bertz CT molecular complexity index is 1060. The molecular weight excluding hydrogens is 342 g/mol. The van der Waals surface area contributed by atoms with Gasteiger partial charge in [-0.2, -0.15) is 0 Å². The van der Waals surface area contributed by atoms with Crippen LogP contribution < -0.4 is 4.90 Å². The summed E-state index contributed by atoms with van der Waals surface area (Å²) in [6.45, 7) is 0. The number of hydrogen-bond donors (Lipinski definition) is 0. The molecule has 0 saturated heterocycles. The Morgan fingerprint density at radius 1 is 0.960 bits per heavy atom. The SMILES string of the molecule is CN(C)c1ccc2c3c(cccc13)SC2Cc1cc2ccccc2s1.